The van der Waals surface area contributed by atoms with Crippen molar-refractivity contribution in [1.82, 2.24) is 14.5 Å². The fourth-order valence-corrected chi connectivity index (χ4v) is 9.19. The van der Waals surface area contributed by atoms with E-state index in [1.54, 1.807) is 0 Å². The summed E-state index contributed by atoms with van der Waals surface area (Å²) in [5.74, 6) is 0.616. The van der Waals surface area contributed by atoms with Gasteiger partial charge in [0.2, 0.25) is 5.95 Å². The van der Waals surface area contributed by atoms with Crippen LogP contribution in [0.5, 0.6) is 0 Å². The van der Waals surface area contributed by atoms with Crippen molar-refractivity contribution >= 4 is 77.7 Å². The van der Waals surface area contributed by atoms with Gasteiger partial charge < -0.3 is 4.57 Å². The number of rotatable bonds is 10. The minimum absolute atomic E-state index is 0.616. The van der Waals surface area contributed by atoms with E-state index in [9.17, 15) is 0 Å². The molecule has 0 aliphatic carbocycles. The summed E-state index contributed by atoms with van der Waals surface area (Å²) in [6, 6.07) is 71.7. The third kappa shape index (κ3) is 6.41. The molecule has 9 aromatic carbocycles. The lowest BCUT2D eigenvalue weighted by Crippen LogP contribution is -2.14. The molecule has 0 aliphatic heterocycles. The highest BCUT2D eigenvalue weighted by molar-refractivity contribution is 6.25. The number of anilines is 3. The van der Waals surface area contributed by atoms with E-state index in [-0.39, 0.29) is 0 Å². The zero-order chi connectivity index (χ0) is 41.4. The topological polar surface area (TPSA) is 34.0 Å². The van der Waals surface area contributed by atoms with Gasteiger partial charge >= 0.3 is 0 Å². The number of hydrogen-bond donors (Lipinski definition) is 0. The number of hydrogen-bond acceptors (Lipinski definition) is 3. The molecule has 62 heavy (non-hydrogen) atoms. The van der Waals surface area contributed by atoms with Crippen molar-refractivity contribution in [2.24, 2.45) is 0 Å². The van der Waals surface area contributed by atoms with Crippen LogP contribution in [0.15, 0.2) is 219 Å². The van der Waals surface area contributed by atoms with Crippen molar-refractivity contribution in [3.8, 4) is 27.9 Å². The summed E-state index contributed by atoms with van der Waals surface area (Å²) in [5, 5.41) is 8.43. The van der Waals surface area contributed by atoms with Crippen LogP contribution in [0.4, 0.5) is 17.3 Å². The predicted molar refractivity (Wildman–Crippen MR) is 263 cm³/mol. The molecule has 2 aromatic heterocycles. The van der Waals surface area contributed by atoms with Crippen LogP contribution in [0.2, 0.25) is 0 Å². The molecule has 0 unspecified atom stereocenters. The SMILES string of the molecule is C=CCC/C=C/c1nc(N(c2ccccc2)c2cccc(-c3ccc(-c4cc5c(c6ccccc46)c4ccccc4n5-c4ccccc4)c4ccccc34)c2)nc2ccccc12. The molecule has 4 nitrogen and oxygen atoms in total. The van der Waals surface area contributed by atoms with Crippen molar-refractivity contribution in [3.05, 3.63) is 225 Å². The van der Waals surface area contributed by atoms with Crippen LogP contribution in [0.3, 0.4) is 0 Å². The van der Waals surface area contributed by atoms with Gasteiger partial charge in [-0.15, -0.1) is 6.58 Å². The van der Waals surface area contributed by atoms with Gasteiger partial charge in [0.1, 0.15) is 0 Å². The van der Waals surface area contributed by atoms with Gasteiger partial charge in [0.25, 0.3) is 0 Å². The molecule has 11 aromatic rings. The van der Waals surface area contributed by atoms with E-state index in [4.69, 9.17) is 9.97 Å². The maximum absolute atomic E-state index is 5.24. The van der Waals surface area contributed by atoms with Gasteiger partial charge in [-0.2, -0.15) is 0 Å². The first-order chi connectivity index (χ1) is 30.7. The lowest BCUT2D eigenvalue weighted by Gasteiger charge is -2.24. The van der Waals surface area contributed by atoms with Crippen LogP contribution in [0, 0.1) is 0 Å². The van der Waals surface area contributed by atoms with Crippen molar-refractivity contribution in [3.63, 3.8) is 0 Å². The average Bonchev–Trinajstić information content (AvgIpc) is 3.67. The Hall–Kier alpha value is -8.08. The smallest absolute Gasteiger partial charge is 0.235 e. The van der Waals surface area contributed by atoms with Gasteiger partial charge in [-0.05, 0) is 117 Å². The van der Waals surface area contributed by atoms with Crippen molar-refractivity contribution in [2.75, 3.05) is 4.90 Å². The summed E-state index contributed by atoms with van der Waals surface area (Å²) in [6.07, 6.45) is 8.05. The Morgan fingerprint density at radius 2 is 1.08 bits per heavy atom. The lowest BCUT2D eigenvalue weighted by molar-refractivity contribution is 1.06. The summed E-state index contributed by atoms with van der Waals surface area (Å²) in [4.78, 5) is 12.6. The first-order valence-electron chi connectivity index (χ1n) is 21.3. The van der Waals surface area contributed by atoms with Gasteiger partial charge in [-0.1, -0.05) is 158 Å². The third-order valence-corrected chi connectivity index (χ3v) is 12.0. The van der Waals surface area contributed by atoms with Crippen LogP contribution < -0.4 is 4.90 Å². The average molecular weight is 795 g/mol. The Morgan fingerprint density at radius 1 is 0.468 bits per heavy atom. The lowest BCUT2D eigenvalue weighted by atomic mass is 9.89. The van der Waals surface area contributed by atoms with Crippen molar-refractivity contribution < 1.29 is 0 Å². The number of nitrogens with zero attached hydrogens (tertiary/aromatic N) is 4. The molecule has 11 rings (SSSR count). The van der Waals surface area contributed by atoms with Gasteiger partial charge in [0.05, 0.1) is 22.2 Å². The van der Waals surface area contributed by atoms with Gasteiger partial charge in [0, 0.05) is 33.2 Å². The molecule has 0 spiro atoms. The van der Waals surface area contributed by atoms with Crippen LogP contribution >= 0.6 is 0 Å². The van der Waals surface area contributed by atoms with Gasteiger partial charge in [-0.3, -0.25) is 4.90 Å². The maximum atomic E-state index is 5.24. The fourth-order valence-electron chi connectivity index (χ4n) is 9.19. The Labute approximate surface area is 361 Å². The van der Waals surface area contributed by atoms with Crippen molar-refractivity contribution in [1.29, 1.82) is 0 Å². The highest BCUT2D eigenvalue weighted by Gasteiger charge is 2.21. The number of para-hydroxylation sites is 4. The Balaban J connectivity index is 1.09. The molecule has 0 saturated carbocycles. The zero-order valence-corrected chi connectivity index (χ0v) is 34.2. The molecular weight excluding hydrogens is 753 g/mol. The molecular formula is C58H42N4. The first kappa shape index (κ1) is 37.0. The molecule has 0 saturated heterocycles. The minimum atomic E-state index is 0.616. The van der Waals surface area contributed by atoms with Crippen LogP contribution in [-0.2, 0) is 0 Å². The molecule has 294 valence electrons. The molecule has 0 amide bonds. The van der Waals surface area contributed by atoms with E-state index >= 15 is 0 Å². The van der Waals surface area contributed by atoms with Crippen LogP contribution in [-0.4, -0.2) is 14.5 Å². The van der Waals surface area contributed by atoms with Crippen LogP contribution in [0.1, 0.15) is 18.5 Å². The van der Waals surface area contributed by atoms with E-state index < -0.39 is 0 Å². The first-order valence-corrected chi connectivity index (χ1v) is 21.3. The number of unbranched alkanes of at least 4 members (excludes halogenated alkanes) is 1. The van der Waals surface area contributed by atoms with E-state index in [1.807, 2.05) is 24.3 Å². The fraction of sp³-hybridized carbons (Fsp3) is 0.0345. The molecule has 0 radical (unpaired) electrons. The minimum Gasteiger partial charge on any atom is -0.309 e. The Kier molecular flexibility index (Phi) is 9.44. The summed E-state index contributed by atoms with van der Waals surface area (Å²) in [7, 11) is 0. The molecule has 0 fully saturated rings. The van der Waals surface area contributed by atoms with Gasteiger partial charge in [-0.25, -0.2) is 9.97 Å². The number of allylic oxidation sites excluding steroid dienone is 2. The Morgan fingerprint density at radius 3 is 1.85 bits per heavy atom. The quantitative estimate of drug-likeness (QED) is 0.102. The second-order valence-electron chi connectivity index (χ2n) is 15.7. The van der Waals surface area contributed by atoms with E-state index in [0.717, 1.165) is 57.6 Å². The van der Waals surface area contributed by atoms with E-state index in [1.165, 1.54) is 54.5 Å². The maximum Gasteiger partial charge on any atom is 0.235 e. The number of aromatic nitrogens is 3. The summed E-state index contributed by atoms with van der Waals surface area (Å²) in [5.41, 5.74) is 12.0. The molecule has 0 bridgehead atoms. The number of benzene rings is 9. The summed E-state index contributed by atoms with van der Waals surface area (Å²) >= 11 is 0. The summed E-state index contributed by atoms with van der Waals surface area (Å²) < 4.78 is 2.42. The monoisotopic (exact) mass is 794 g/mol. The van der Waals surface area contributed by atoms with Crippen molar-refractivity contribution in [2.45, 2.75) is 12.8 Å². The molecule has 2 heterocycles. The molecule has 4 heteroatoms. The standard InChI is InChI=1S/C58H42N4/c1-2-3-4-11-33-53-50-31-16-18-34-54(50)60-58(59-53)61(41-22-7-5-8-23-41)43-26-20-21-40(38-43)44-36-37-48(46-28-13-12-27-45(44)46)52-39-56-57(49-30-15-14-29-47(49)52)51-32-17-19-35-55(51)62(56)42-24-9-6-10-25-42/h2,5-39H,1,3-4H2/b33-11+. The second kappa shape index (κ2) is 15.8. The Bertz CT molecular complexity index is 3490. The van der Waals surface area contributed by atoms with Crippen LogP contribution in [0.25, 0.3) is 88.3 Å². The predicted octanol–water partition coefficient (Wildman–Crippen LogP) is 15.8. The molecule has 0 N–H and O–H groups in total. The molecule has 0 atom stereocenters. The van der Waals surface area contributed by atoms with Gasteiger partial charge in [0.15, 0.2) is 0 Å². The largest absolute Gasteiger partial charge is 0.309 e. The molecule has 0 aliphatic rings. The zero-order valence-electron chi connectivity index (χ0n) is 34.2. The van der Waals surface area contributed by atoms with E-state index in [0.29, 0.717) is 5.95 Å². The van der Waals surface area contributed by atoms with E-state index in [2.05, 4.69) is 210 Å². The summed E-state index contributed by atoms with van der Waals surface area (Å²) in [6.45, 7) is 3.90. The highest BCUT2D eigenvalue weighted by atomic mass is 15.3. The second-order valence-corrected chi connectivity index (χ2v) is 15.7. The normalized spacial score (nSPS) is 11.7. The third-order valence-electron chi connectivity index (χ3n) is 12.0. The highest BCUT2D eigenvalue weighted by Crippen LogP contribution is 2.45. The number of fused-ring (bicyclic) bond motifs is 7.